The number of rotatable bonds is 1. The van der Waals surface area contributed by atoms with Crippen LogP contribution in [0.25, 0.3) is 0 Å². The van der Waals surface area contributed by atoms with Crippen LogP contribution in [0.3, 0.4) is 0 Å². The lowest BCUT2D eigenvalue weighted by Gasteiger charge is -2.32. The number of hydrogen-bond acceptors (Lipinski definition) is 3. The number of carbonyl (C=O) groups excluding carboxylic acids is 1. The summed E-state index contributed by atoms with van der Waals surface area (Å²) in [6.07, 6.45) is 6.88. The maximum Gasteiger partial charge on any atom is 0.341 e. The van der Waals surface area contributed by atoms with Crippen molar-refractivity contribution in [3.8, 4) is 5.75 Å². The SMILES string of the molecule is COC(=O)c1cccc2c1OC1(CCCCC1)C2. The quantitative estimate of drug-likeness (QED) is 0.714. The Bertz CT molecular complexity index is 473. The van der Waals surface area contributed by atoms with Gasteiger partial charge in [0.1, 0.15) is 16.9 Å². The second kappa shape index (κ2) is 4.30. The van der Waals surface area contributed by atoms with E-state index < -0.39 is 0 Å². The molecule has 0 bridgehead atoms. The predicted molar refractivity (Wildman–Crippen MR) is 67.9 cm³/mol. The van der Waals surface area contributed by atoms with Crippen LogP contribution in [0.2, 0.25) is 0 Å². The van der Waals surface area contributed by atoms with Gasteiger partial charge in [-0.05, 0) is 37.3 Å². The van der Waals surface area contributed by atoms with E-state index in [2.05, 4.69) is 6.07 Å². The van der Waals surface area contributed by atoms with E-state index in [1.807, 2.05) is 6.07 Å². The number of carbonyl (C=O) groups is 1. The van der Waals surface area contributed by atoms with Gasteiger partial charge < -0.3 is 9.47 Å². The van der Waals surface area contributed by atoms with Crippen molar-refractivity contribution in [3.05, 3.63) is 29.3 Å². The average Bonchev–Trinajstić information content (AvgIpc) is 2.75. The first-order chi connectivity index (χ1) is 8.74. The molecule has 1 aromatic carbocycles. The van der Waals surface area contributed by atoms with Crippen molar-refractivity contribution < 1.29 is 14.3 Å². The van der Waals surface area contributed by atoms with Gasteiger partial charge in [-0.3, -0.25) is 0 Å². The van der Waals surface area contributed by atoms with Gasteiger partial charge in [-0.2, -0.15) is 0 Å². The summed E-state index contributed by atoms with van der Waals surface area (Å²) in [6, 6.07) is 5.76. The van der Waals surface area contributed by atoms with Crippen LogP contribution in [-0.2, 0) is 11.2 Å². The van der Waals surface area contributed by atoms with Gasteiger partial charge >= 0.3 is 5.97 Å². The van der Waals surface area contributed by atoms with E-state index in [0.29, 0.717) is 5.56 Å². The van der Waals surface area contributed by atoms with E-state index in [9.17, 15) is 4.79 Å². The van der Waals surface area contributed by atoms with Gasteiger partial charge in [0.15, 0.2) is 0 Å². The molecule has 1 spiro atoms. The molecule has 96 valence electrons. The summed E-state index contributed by atoms with van der Waals surface area (Å²) < 4.78 is 11.0. The highest BCUT2D eigenvalue weighted by atomic mass is 16.5. The van der Waals surface area contributed by atoms with Gasteiger partial charge in [0.05, 0.1) is 7.11 Å². The number of methoxy groups -OCH3 is 1. The van der Waals surface area contributed by atoms with Crippen LogP contribution < -0.4 is 4.74 Å². The summed E-state index contributed by atoms with van der Waals surface area (Å²) in [7, 11) is 1.41. The van der Waals surface area contributed by atoms with Crippen molar-refractivity contribution in [2.75, 3.05) is 7.11 Å². The van der Waals surface area contributed by atoms with Crippen LogP contribution in [0.1, 0.15) is 48.0 Å². The summed E-state index contributed by atoms with van der Waals surface area (Å²) in [5, 5.41) is 0. The molecule has 0 amide bonds. The van der Waals surface area contributed by atoms with Crippen LogP contribution in [0.4, 0.5) is 0 Å². The van der Waals surface area contributed by atoms with E-state index >= 15 is 0 Å². The molecule has 0 unspecified atom stereocenters. The molecule has 1 saturated carbocycles. The van der Waals surface area contributed by atoms with Gasteiger partial charge in [0.25, 0.3) is 0 Å². The molecule has 1 aliphatic heterocycles. The van der Waals surface area contributed by atoms with E-state index in [-0.39, 0.29) is 11.6 Å². The molecule has 0 N–H and O–H groups in total. The Balaban J connectivity index is 1.94. The molecule has 3 nitrogen and oxygen atoms in total. The van der Waals surface area contributed by atoms with Crippen molar-refractivity contribution in [2.45, 2.75) is 44.1 Å². The van der Waals surface area contributed by atoms with Gasteiger partial charge in [-0.1, -0.05) is 18.6 Å². The third-order valence-electron chi connectivity index (χ3n) is 4.10. The zero-order valence-electron chi connectivity index (χ0n) is 10.7. The summed E-state index contributed by atoms with van der Waals surface area (Å²) in [6.45, 7) is 0. The van der Waals surface area contributed by atoms with Crippen LogP contribution in [0.15, 0.2) is 18.2 Å². The van der Waals surface area contributed by atoms with Gasteiger partial charge in [0, 0.05) is 6.42 Å². The molecule has 1 aromatic rings. The molecular weight excluding hydrogens is 228 g/mol. The second-order valence-electron chi connectivity index (χ2n) is 5.31. The Morgan fingerprint density at radius 3 is 2.78 bits per heavy atom. The van der Waals surface area contributed by atoms with Crippen LogP contribution >= 0.6 is 0 Å². The zero-order chi connectivity index (χ0) is 12.6. The molecule has 1 heterocycles. The molecule has 0 atom stereocenters. The number of ether oxygens (including phenoxy) is 2. The molecular formula is C15H18O3. The molecule has 3 heteroatoms. The maximum atomic E-state index is 11.7. The van der Waals surface area contributed by atoms with Crippen molar-refractivity contribution in [1.82, 2.24) is 0 Å². The van der Waals surface area contributed by atoms with E-state index in [1.54, 1.807) is 6.07 Å². The van der Waals surface area contributed by atoms with Crippen molar-refractivity contribution in [1.29, 1.82) is 0 Å². The van der Waals surface area contributed by atoms with Crippen LogP contribution in [0.5, 0.6) is 5.75 Å². The van der Waals surface area contributed by atoms with Crippen molar-refractivity contribution in [2.24, 2.45) is 0 Å². The van der Waals surface area contributed by atoms with Gasteiger partial charge in [-0.25, -0.2) is 4.79 Å². The Morgan fingerprint density at radius 2 is 2.06 bits per heavy atom. The topological polar surface area (TPSA) is 35.5 Å². The summed E-state index contributed by atoms with van der Waals surface area (Å²) >= 11 is 0. The number of benzene rings is 1. The lowest BCUT2D eigenvalue weighted by Crippen LogP contribution is -2.36. The lowest BCUT2D eigenvalue weighted by molar-refractivity contribution is 0.0475. The average molecular weight is 246 g/mol. The fourth-order valence-corrected chi connectivity index (χ4v) is 3.19. The highest BCUT2D eigenvalue weighted by Gasteiger charge is 2.41. The summed E-state index contributed by atoms with van der Waals surface area (Å²) in [5.74, 6) is 0.450. The Hall–Kier alpha value is -1.51. The van der Waals surface area contributed by atoms with Crippen LogP contribution in [-0.4, -0.2) is 18.7 Å². The minimum Gasteiger partial charge on any atom is -0.486 e. The highest BCUT2D eigenvalue weighted by molar-refractivity contribution is 5.93. The summed E-state index contributed by atoms with van der Waals surface area (Å²) in [4.78, 5) is 11.7. The van der Waals surface area contributed by atoms with Crippen molar-refractivity contribution in [3.63, 3.8) is 0 Å². The minimum atomic E-state index is -0.306. The number of esters is 1. The van der Waals surface area contributed by atoms with Crippen molar-refractivity contribution >= 4 is 5.97 Å². The molecule has 2 aliphatic rings. The summed E-state index contributed by atoms with van der Waals surface area (Å²) in [5.41, 5.74) is 1.67. The smallest absolute Gasteiger partial charge is 0.341 e. The predicted octanol–water partition coefficient (Wildman–Crippen LogP) is 3.11. The third-order valence-corrected chi connectivity index (χ3v) is 4.10. The molecule has 0 saturated heterocycles. The Kier molecular flexibility index (Phi) is 2.77. The van der Waals surface area contributed by atoms with E-state index in [1.165, 1.54) is 26.4 Å². The fraction of sp³-hybridized carbons (Fsp3) is 0.533. The maximum absolute atomic E-state index is 11.7. The first kappa shape index (κ1) is 11.6. The molecule has 0 radical (unpaired) electrons. The number of para-hydroxylation sites is 1. The highest BCUT2D eigenvalue weighted by Crippen LogP contribution is 2.44. The van der Waals surface area contributed by atoms with Gasteiger partial charge in [-0.15, -0.1) is 0 Å². The normalized spacial score (nSPS) is 20.3. The lowest BCUT2D eigenvalue weighted by atomic mass is 9.82. The molecule has 3 rings (SSSR count). The molecule has 1 fully saturated rings. The van der Waals surface area contributed by atoms with E-state index in [0.717, 1.165) is 30.6 Å². The minimum absolute atomic E-state index is 0.0509. The molecule has 18 heavy (non-hydrogen) atoms. The zero-order valence-corrected chi connectivity index (χ0v) is 10.7. The third kappa shape index (κ3) is 1.78. The second-order valence-corrected chi connectivity index (χ2v) is 5.31. The molecule has 1 aliphatic carbocycles. The standard InChI is InChI=1S/C15H18O3/c1-17-14(16)12-7-5-6-11-10-15(18-13(11)12)8-3-2-4-9-15/h5-7H,2-4,8-10H2,1H3. The Morgan fingerprint density at radius 1 is 1.28 bits per heavy atom. The first-order valence-electron chi connectivity index (χ1n) is 6.63. The van der Waals surface area contributed by atoms with Gasteiger partial charge in [0.2, 0.25) is 0 Å². The number of hydrogen-bond donors (Lipinski definition) is 0. The fourth-order valence-electron chi connectivity index (χ4n) is 3.19. The van der Waals surface area contributed by atoms with Crippen LogP contribution in [0, 0.1) is 0 Å². The molecule has 0 aromatic heterocycles. The number of fused-ring (bicyclic) bond motifs is 1. The Labute approximate surface area is 107 Å². The largest absolute Gasteiger partial charge is 0.486 e. The first-order valence-corrected chi connectivity index (χ1v) is 6.63. The van der Waals surface area contributed by atoms with E-state index in [4.69, 9.17) is 9.47 Å². The monoisotopic (exact) mass is 246 g/mol.